The maximum atomic E-state index is 5.94. The molecule has 14 heavy (non-hydrogen) atoms. The topological polar surface area (TPSA) is 44.5 Å². The largest absolute Gasteiger partial charge is 0.493 e. The molecule has 1 aliphatic rings. The van der Waals surface area contributed by atoms with Crippen molar-refractivity contribution in [1.29, 1.82) is 0 Å². The van der Waals surface area contributed by atoms with Crippen molar-refractivity contribution in [3.8, 4) is 11.5 Å². The molecule has 0 bridgehead atoms. The van der Waals surface area contributed by atoms with Gasteiger partial charge in [-0.2, -0.15) is 0 Å². The van der Waals surface area contributed by atoms with Crippen LogP contribution in [0.1, 0.15) is 18.5 Å². The van der Waals surface area contributed by atoms with Crippen LogP contribution in [0.25, 0.3) is 0 Å². The van der Waals surface area contributed by atoms with E-state index in [1.165, 1.54) is 0 Å². The summed E-state index contributed by atoms with van der Waals surface area (Å²) in [6, 6.07) is 3.43. The lowest BCUT2D eigenvalue weighted by atomic mass is 10.1. The molecule has 1 aromatic carbocycles. The average Bonchev–Trinajstić information content (AvgIpc) is 2.43. The minimum atomic E-state index is -0.127. The first-order valence-electron chi connectivity index (χ1n) is 4.43. The highest BCUT2D eigenvalue weighted by Crippen LogP contribution is 2.43. The number of rotatable bonds is 1. The zero-order valence-electron chi connectivity index (χ0n) is 8.08. The van der Waals surface area contributed by atoms with Crippen molar-refractivity contribution >= 4 is 11.6 Å². The van der Waals surface area contributed by atoms with Gasteiger partial charge in [-0.3, -0.25) is 0 Å². The third-order valence-corrected chi connectivity index (χ3v) is 2.66. The predicted molar refractivity (Wildman–Crippen MR) is 55.0 cm³/mol. The number of hydrogen-bond donors (Lipinski definition) is 1. The van der Waals surface area contributed by atoms with E-state index in [2.05, 4.69) is 0 Å². The lowest BCUT2D eigenvalue weighted by Gasteiger charge is -2.08. The van der Waals surface area contributed by atoms with Crippen LogP contribution in [0.4, 0.5) is 0 Å². The zero-order valence-corrected chi connectivity index (χ0v) is 8.84. The van der Waals surface area contributed by atoms with Crippen LogP contribution >= 0.6 is 11.6 Å². The normalized spacial score (nSPS) is 24.3. The molecule has 1 aliphatic heterocycles. The predicted octanol–water partition coefficient (Wildman–Crippen LogP) is 2.13. The molecule has 76 valence electrons. The Balaban J connectivity index is 2.55. The van der Waals surface area contributed by atoms with Gasteiger partial charge in [0.15, 0.2) is 11.5 Å². The van der Waals surface area contributed by atoms with Gasteiger partial charge in [-0.05, 0) is 13.0 Å². The van der Waals surface area contributed by atoms with Gasteiger partial charge in [0.2, 0.25) is 0 Å². The summed E-state index contributed by atoms with van der Waals surface area (Å²) in [6.07, 6.45) is -0.0302. The molecule has 0 saturated carbocycles. The smallest absolute Gasteiger partial charge is 0.166 e. The SMILES string of the molecule is COc1cc(Cl)cc2c1OC(C)C2N. The number of nitrogens with two attached hydrogens (primary N) is 1. The van der Waals surface area contributed by atoms with Crippen molar-refractivity contribution in [3.05, 3.63) is 22.7 Å². The van der Waals surface area contributed by atoms with Crippen molar-refractivity contribution < 1.29 is 9.47 Å². The highest BCUT2D eigenvalue weighted by molar-refractivity contribution is 6.30. The van der Waals surface area contributed by atoms with E-state index in [-0.39, 0.29) is 12.1 Å². The van der Waals surface area contributed by atoms with E-state index < -0.39 is 0 Å². The fourth-order valence-electron chi connectivity index (χ4n) is 1.63. The summed E-state index contributed by atoms with van der Waals surface area (Å²) in [5, 5.41) is 0.619. The number of methoxy groups -OCH3 is 1. The van der Waals surface area contributed by atoms with E-state index >= 15 is 0 Å². The fraction of sp³-hybridized carbons (Fsp3) is 0.400. The Labute approximate surface area is 87.8 Å². The molecule has 0 aliphatic carbocycles. The van der Waals surface area contributed by atoms with Crippen LogP contribution in [0.5, 0.6) is 11.5 Å². The first-order valence-corrected chi connectivity index (χ1v) is 4.81. The Hall–Kier alpha value is -0.930. The first-order chi connectivity index (χ1) is 6.63. The van der Waals surface area contributed by atoms with Gasteiger partial charge >= 0.3 is 0 Å². The molecule has 2 N–H and O–H groups in total. The van der Waals surface area contributed by atoms with Gasteiger partial charge in [-0.15, -0.1) is 0 Å². The molecule has 0 amide bonds. The third kappa shape index (κ3) is 1.33. The molecule has 0 fully saturated rings. The van der Waals surface area contributed by atoms with Crippen LogP contribution in [0.15, 0.2) is 12.1 Å². The van der Waals surface area contributed by atoms with E-state index in [1.54, 1.807) is 13.2 Å². The second kappa shape index (κ2) is 3.33. The molecule has 2 unspecified atom stereocenters. The van der Waals surface area contributed by atoms with E-state index in [4.69, 9.17) is 26.8 Å². The number of ether oxygens (including phenoxy) is 2. The minimum absolute atomic E-state index is 0.0302. The van der Waals surface area contributed by atoms with Gasteiger partial charge in [0.1, 0.15) is 6.10 Å². The van der Waals surface area contributed by atoms with Crippen molar-refractivity contribution in [1.82, 2.24) is 0 Å². The standard InChI is InChI=1S/C10H12ClNO2/c1-5-9(12)7-3-6(11)4-8(13-2)10(7)14-5/h3-5,9H,12H2,1-2H3. The molecule has 0 radical (unpaired) electrons. The number of hydrogen-bond acceptors (Lipinski definition) is 3. The second-order valence-corrected chi connectivity index (χ2v) is 3.81. The average molecular weight is 214 g/mol. The van der Waals surface area contributed by atoms with Crippen LogP contribution in [-0.2, 0) is 0 Å². The molecule has 1 heterocycles. The van der Waals surface area contributed by atoms with E-state index in [0.29, 0.717) is 10.8 Å². The number of benzene rings is 1. The Morgan fingerprint density at radius 3 is 2.86 bits per heavy atom. The van der Waals surface area contributed by atoms with E-state index in [9.17, 15) is 0 Å². The Bertz CT molecular complexity index is 367. The van der Waals surface area contributed by atoms with E-state index in [1.807, 2.05) is 13.0 Å². The molecule has 0 spiro atoms. The van der Waals surface area contributed by atoms with Crippen molar-refractivity contribution in [2.24, 2.45) is 5.73 Å². The van der Waals surface area contributed by atoms with Crippen LogP contribution in [-0.4, -0.2) is 13.2 Å². The summed E-state index contributed by atoms with van der Waals surface area (Å²) in [6.45, 7) is 1.93. The molecule has 0 aromatic heterocycles. The quantitative estimate of drug-likeness (QED) is 0.777. The Morgan fingerprint density at radius 1 is 1.50 bits per heavy atom. The molecule has 2 atom stereocenters. The van der Waals surface area contributed by atoms with Crippen LogP contribution < -0.4 is 15.2 Å². The molecular formula is C10H12ClNO2. The second-order valence-electron chi connectivity index (χ2n) is 3.38. The summed E-state index contributed by atoms with van der Waals surface area (Å²) < 4.78 is 10.8. The lowest BCUT2D eigenvalue weighted by molar-refractivity contribution is 0.220. The maximum absolute atomic E-state index is 5.94. The molecule has 1 aromatic rings. The molecule has 0 saturated heterocycles. The summed E-state index contributed by atoms with van der Waals surface area (Å²) in [5.74, 6) is 1.37. The molecule has 2 rings (SSSR count). The maximum Gasteiger partial charge on any atom is 0.166 e. The van der Waals surface area contributed by atoms with Crippen LogP contribution in [0.2, 0.25) is 5.02 Å². The fourth-order valence-corrected chi connectivity index (χ4v) is 1.84. The van der Waals surface area contributed by atoms with E-state index in [0.717, 1.165) is 11.3 Å². The highest BCUT2D eigenvalue weighted by Gasteiger charge is 2.31. The molecule has 3 nitrogen and oxygen atoms in total. The monoisotopic (exact) mass is 213 g/mol. The van der Waals surface area contributed by atoms with Gasteiger partial charge in [0.25, 0.3) is 0 Å². The van der Waals surface area contributed by atoms with Crippen molar-refractivity contribution in [2.75, 3.05) is 7.11 Å². The minimum Gasteiger partial charge on any atom is -0.493 e. The van der Waals surface area contributed by atoms with Gasteiger partial charge in [0.05, 0.1) is 13.2 Å². The Kier molecular flexibility index (Phi) is 2.29. The number of halogens is 1. The Morgan fingerprint density at radius 2 is 2.21 bits per heavy atom. The number of fused-ring (bicyclic) bond motifs is 1. The first kappa shape index (κ1) is 9.62. The van der Waals surface area contributed by atoms with Gasteiger partial charge < -0.3 is 15.2 Å². The zero-order chi connectivity index (χ0) is 10.3. The van der Waals surface area contributed by atoms with Crippen LogP contribution in [0.3, 0.4) is 0 Å². The lowest BCUT2D eigenvalue weighted by Crippen LogP contribution is -2.21. The third-order valence-electron chi connectivity index (χ3n) is 2.44. The molecule has 4 heteroatoms. The van der Waals surface area contributed by atoms with Crippen LogP contribution in [0, 0.1) is 0 Å². The molecular weight excluding hydrogens is 202 g/mol. The van der Waals surface area contributed by atoms with Gasteiger partial charge in [0, 0.05) is 16.7 Å². The van der Waals surface area contributed by atoms with Crippen molar-refractivity contribution in [3.63, 3.8) is 0 Å². The highest BCUT2D eigenvalue weighted by atomic mass is 35.5. The summed E-state index contributed by atoms with van der Waals surface area (Å²) >= 11 is 5.93. The summed E-state index contributed by atoms with van der Waals surface area (Å²) in [5.41, 5.74) is 6.86. The summed E-state index contributed by atoms with van der Waals surface area (Å²) in [7, 11) is 1.59. The van der Waals surface area contributed by atoms with Crippen molar-refractivity contribution in [2.45, 2.75) is 19.1 Å². The summed E-state index contributed by atoms with van der Waals surface area (Å²) in [4.78, 5) is 0. The van der Waals surface area contributed by atoms with Gasteiger partial charge in [-0.25, -0.2) is 0 Å². The van der Waals surface area contributed by atoms with Gasteiger partial charge in [-0.1, -0.05) is 11.6 Å².